The van der Waals surface area contributed by atoms with Crippen LogP contribution in [-0.2, 0) is 13.1 Å². The second kappa shape index (κ2) is 3.86. The van der Waals surface area contributed by atoms with Crippen LogP contribution in [-0.4, -0.2) is 17.5 Å². The molecule has 2 aliphatic rings. The summed E-state index contributed by atoms with van der Waals surface area (Å²) in [6, 6.07) is 7.81. The van der Waals surface area contributed by atoms with Crippen molar-refractivity contribution in [2.24, 2.45) is 5.73 Å². The zero-order valence-electron chi connectivity index (χ0n) is 9.95. The maximum Gasteiger partial charge on any atom is 0.0243 e. The third kappa shape index (κ3) is 1.76. The summed E-state index contributed by atoms with van der Waals surface area (Å²) in [7, 11) is 0. The Morgan fingerprint density at radius 3 is 2.75 bits per heavy atom. The first-order valence-corrected chi connectivity index (χ1v) is 6.33. The van der Waals surface area contributed by atoms with Gasteiger partial charge in [-0.15, -0.1) is 0 Å². The monoisotopic (exact) mass is 216 g/mol. The summed E-state index contributed by atoms with van der Waals surface area (Å²) >= 11 is 0. The highest BCUT2D eigenvalue weighted by Crippen LogP contribution is 2.35. The first-order chi connectivity index (χ1) is 7.78. The molecule has 0 aromatic heterocycles. The highest BCUT2D eigenvalue weighted by atomic mass is 15.2. The van der Waals surface area contributed by atoms with Crippen LogP contribution in [0.25, 0.3) is 0 Å². The summed E-state index contributed by atoms with van der Waals surface area (Å²) in [6.45, 7) is 5.27. The highest BCUT2D eigenvalue weighted by Gasteiger charge is 2.32. The number of rotatable bonds is 3. The van der Waals surface area contributed by atoms with Crippen molar-refractivity contribution in [3.05, 3.63) is 34.9 Å². The Labute approximate surface area is 97.4 Å². The second-order valence-electron chi connectivity index (χ2n) is 5.30. The number of hydrogen-bond donors (Lipinski definition) is 1. The lowest BCUT2D eigenvalue weighted by Gasteiger charge is -2.12. The molecule has 1 aliphatic heterocycles. The van der Waals surface area contributed by atoms with E-state index in [1.54, 1.807) is 0 Å². The third-order valence-corrected chi connectivity index (χ3v) is 3.96. The van der Waals surface area contributed by atoms with Gasteiger partial charge in [0.25, 0.3) is 0 Å². The molecule has 1 saturated carbocycles. The van der Waals surface area contributed by atoms with Gasteiger partial charge in [0.2, 0.25) is 0 Å². The first kappa shape index (κ1) is 10.3. The quantitative estimate of drug-likeness (QED) is 0.839. The number of nitrogens with two attached hydrogens (primary N) is 1. The van der Waals surface area contributed by atoms with Crippen molar-refractivity contribution >= 4 is 0 Å². The Kier molecular flexibility index (Phi) is 2.49. The molecule has 1 aliphatic carbocycles. The number of fused-ring (bicyclic) bond motifs is 1. The third-order valence-electron chi connectivity index (χ3n) is 3.96. The smallest absolute Gasteiger partial charge is 0.0243 e. The van der Waals surface area contributed by atoms with Gasteiger partial charge in [0.05, 0.1) is 0 Å². The van der Waals surface area contributed by atoms with Crippen molar-refractivity contribution in [1.82, 2.24) is 4.90 Å². The lowest BCUT2D eigenvalue weighted by atomic mass is 9.97. The number of benzene rings is 1. The van der Waals surface area contributed by atoms with E-state index in [-0.39, 0.29) is 0 Å². The van der Waals surface area contributed by atoms with E-state index in [0.29, 0.717) is 5.92 Å². The molecule has 3 rings (SSSR count). The van der Waals surface area contributed by atoms with Crippen molar-refractivity contribution in [3.63, 3.8) is 0 Å². The Bertz CT molecular complexity index is 396. The van der Waals surface area contributed by atoms with Crippen LogP contribution in [0.15, 0.2) is 18.2 Å². The molecule has 16 heavy (non-hydrogen) atoms. The zero-order valence-corrected chi connectivity index (χ0v) is 9.95. The predicted octanol–water partition coefficient (Wildman–Crippen LogP) is 2.23. The molecular weight excluding hydrogens is 196 g/mol. The molecule has 1 heterocycles. The standard InChI is InChI=1S/C14H20N2/c1-10(7-15)11-2-3-12-8-16(14-4-5-14)9-13(12)6-11/h2-3,6,10,14H,4-5,7-9,15H2,1H3. The topological polar surface area (TPSA) is 29.3 Å². The van der Waals surface area contributed by atoms with Crippen LogP contribution in [0.1, 0.15) is 42.4 Å². The molecule has 1 aromatic carbocycles. The first-order valence-electron chi connectivity index (χ1n) is 6.33. The van der Waals surface area contributed by atoms with Crippen LogP contribution in [0.5, 0.6) is 0 Å². The summed E-state index contributed by atoms with van der Waals surface area (Å²) in [4.78, 5) is 2.61. The van der Waals surface area contributed by atoms with Crippen LogP contribution in [0.2, 0.25) is 0 Å². The Hall–Kier alpha value is -0.860. The SMILES string of the molecule is CC(CN)c1ccc2c(c1)CN(C1CC1)C2. The maximum absolute atomic E-state index is 5.72. The van der Waals surface area contributed by atoms with E-state index in [4.69, 9.17) is 5.73 Å². The van der Waals surface area contributed by atoms with E-state index in [9.17, 15) is 0 Å². The van der Waals surface area contributed by atoms with E-state index in [1.165, 1.54) is 29.5 Å². The minimum Gasteiger partial charge on any atom is -0.330 e. The molecule has 1 fully saturated rings. The van der Waals surface area contributed by atoms with Crippen LogP contribution >= 0.6 is 0 Å². The van der Waals surface area contributed by atoms with Gasteiger partial charge in [0.1, 0.15) is 0 Å². The summed E-state index contributed by atoms with van der Waals surface area (Å²) < 4.78 is 0. The fourth-order valence-corrected chi connectivity index (χ4v) is 2.58. The van der Waals surface area contributed by atoms with E-state index >= 15 is 0 Å². The van der Waals surface area contributed by atoms with Gasteiger partial charge in [0.15, 0.2) is 0 Å². The zero-order chi connectivity index (χ0) is 11.1. The van der Waals surface area contributed by atoms with Gasteiger partial charge in [-0.3, -0.25) is 4.90 Å². The van der Waals surface area contributed by atoms with Gasteiger partial charge in [-0.1, -0.05) is 25.1 Å². The van der Waals surface area contributed by atoms with Crippen LogP contribution in [0.3, 0.4) is 0 Å². The molecule has 1 aromatic rings. The molecule has 86 valence electrons. The van der Waals surface area contributed by atoms with Crippen molar-refractivity contribution in [2.75, 3.05) is 6.54 Å². The largest absolute Gasteiger partial charge is 0.330 e. The van der Waals surface area contributed by atoms with E-state index in [0.717, 1.165) is 25.7 Å². The van der Waals surface area contributed by atoms with Crippen molar-refractivity contribution < 1.29 is 0 Å². The predicted molar refractivity (Wildman–Crippen MR) is 66.2 cm³/mol. The molecule has 0 radical (unpaired) electrons. The number of nitrogens with zero attached hydrogens (tertiary/aromatic N) is 1. The summed E-state index contributed by atoms with van der Waals surface area (Å²) in [6.07, 6.45) is 2.81. The fourth-order valence-electron chi connectivity index (χ4n) is 2.58. The van der Waals surface area contributed by atoms with E-state index in [2.05, 4.69) is 30.0 Å². The second-order valence-corrected chi connectivity index (χ2v) is 5.30. The van der Waals surface area contributed by atoms with Crippen molar-refractivity contribution in [2.45, 2.75) is 44.8 Å². The molecule has 0 amide bonds. The average molecular weight is 216 g/mol. The summed E-state index contributed by atoms with van der Waals surface area (Å²) in [5.74, 6) is 0.486. The van der Waals surface area contributed by atoms with Gasteiger partial charge < -0.3 is 5.73 Å². The Morgan fingerprint density at radius 1 is 1.31 bits per heavy atom. The minimum atomic E-state index is 0.486. The van der Waals surface area contributed by atoms with Crippen LogP contribution in [0, 0.1) is 0 Å². The number of hydrogen-bond acceptors (Lipinski definition) is 2. The Balaban J connectivity index is 1.82. The molecule has 2 nitrogen and oxygen atoms in total. The fraction of sp³-hybridized carbons (Fsp3) is 0.571. The lowest BCUT2D eigenvalue weighted by molar-refractivity contribution is 0.273. The molecule has 1 unspecified atom stereocenters. The maximum atomic E-state index is 5.72. The highest BCUT2D eigenvalue weighted by molar-refractivity contribution is 5.36. The van der Waals surface area contributed by atoms with E-state index in [1.807, 2.05) is 0 Å². The van der Waals surface area contributed by atoms with Gasteiger partial charge in [0, 0.05) is 19.1 Å². The Morgan fingerprint density at radius 2 is 2.06 bits per heavy atom. The van der Waals surface area contributed by atoms with Gasteiger partial charge in [-0.05, 0) is 42.0 Å². The minimum absolute atomic E-state index is 0.486. The average Bonchev–Trinajstić information content (AvgIpc) is 3.07. The molecule has 0 spiro atoms. The van der Waals surface area contributed by atoms with Gasteiger partial charge in [-0.25, -0.2) is 0 Å². The van der Waals surface area contributed by atoms with Crippen LogP contribution in [0.4, 0.5) is 0 Å². The van der Waals surface area contributed by atoms with Crippen molar-refractivity contribution in [1.29, 1.82) is 0 Å². The van der Waals surface area contributed by atoms with Gasteiger partial charge in [-0.2, -0.15) is 0 Å². The normalized spacial score (nSPS) is 22.1. The molecule has 0 saturated heterocycles. The molecule has 2 N–H and O–H groups in total. The summed E-state index contributed by atoms with van der Waals surface area (Å²) in [5.41, 5.74) is 10.2. The molecular formula is C14H20N2. The van der Waals surface area contributed by atoms with E-state index < -0.39 is 0 Å². The van der Waals surface area contributed by atoms with Crippen LogP contribution < -0.4 is 5.73 Å². The van der Waals surface area contributed by atoms with Gasteiger partial charge >= 0.3 is 0 Å². The van der Waals surface area contributed by atoms with Crippen molar-refractivity contribution in [3.8, 4) is 0 Å². The molecule has 1 atom stereocenters. The molecule has 0 bridgehead atoms. The lowest BCUT2D eigenvalue weighted by Crippen LogP contribution is -2.18. The summed E-state index contributed by atoms with van der Waals surface area (Å²) in [5, 5.41) is 0. The molecule has 2 heteroatoms.